The summed E-state index contributed by atoms with van der Waals surface area (Å²) < 4.78 is 17.8. The molecule has 190 valence electrons. The van der Waals surface area contributed by atoms with Crippen molar-refractivity contribution in [3.05, 3.63) is 36.0 Å². The molecule has 8 heteroatoms. The van der Waals surface area contributed by atoms with Crippen molar-refractivity contribution < 1.29 is 34.0 Å². The average Bonchev–Trinajstić information content (AvgIpc) is 3.49. The molecule has 3 aliphatic heterocycles. The zero-order valence-corrected chi connectivity index (χ0v) is 20.6. The van der Waals surface area contributed by atoms with Crippen molar-refractivity contribution in [1.82, 2.24) is 5.32 Å². The van der Waals surface area contributed by atoms with Crippen LogP contribution in [-0.4, -0.2) is 70.9 Å². The molecule has 0 aromatic heterocycles. The minimum absolute atomic E-state index is 0.00233. The van der Waals surface area contributed by atoms with Gasteiger partial charge in [0.1, 0.15) is 0 Å². The molecule has 0 aromatic rings. The third-order valence-electron chi connectivity index (χ3n) is 6.81. The van der Waals surface area contributed by atoms with Gasteiger partial charge in [-0.3, -0.25) is 9.59 Å². The number of aliphatic hydroxyl groups is 1. The van der Waals surface area contributed by atoms with Gasteiger partial charge < -0.3 is 29.7 Å². The topological polar surface area (TPSA) is 118 Å². The predicted molar refractivity (Wildman–Crippen MR) is 127 cm³/mol. The summed E-state index contributed by atoms with van der Waals surface area (Å²) in [5.41, 5.74) is 0.891. The summed E-state index contributed by atoms with van der Waals surface area (Å²) in [6, 6.07) is -0.0680. The van der Waals surface area contributed by atoms with Crippen molar-refractivity contribution in [2.24, 2.45) is 5.92 Å². The summed E-state index contributed by atoms with van der Waals surface area (Å²) in [5.74, 6) is -0.794. The van der Waals surface area contributed by atoms with E-state index in [1.807, 2.05) is 26.0 Å². The quantitative estimate of drug-likeness (QED) is 0.265. The lowest BCUT2D eigenvalue weighted by atomic mass is 9.88. The van der Waals surface area contributed by atoms with Crippen molar-refractivity contribution in [1.29, 1.82) is 0 Å². The highest BCUT2D eigenvalue weighted by molar-refractivity contribution is 5.87. The molecule has 8 atom stereocenters. The third kappa shape index (κ3) is 8.05. The van der Waals surface area contributed by atoms with Crippen LogP contribution in [0.15, 0.2) is 36.0 Å². The van der Waals surface area contributed by atoms with Crippen molar-refractivity contribution in [3.8, 4) is 0 Å². The van der Waals surface area contributed by atoms with Gasteiger partial charge in [0.25, 0.3) is 0 Å². The van der Waals surface area contributed by atoms with E-state index in [0.29, 0.717) is 13.0 Å². The summed E-state index contributed by atoms with van der Waals surface area (Å²) in [5, 5.41) is 21.4. The zero-order chi connectivity index (χ0) is 24.9. The second-order valence-electron chi connectivity index (χ2n) is 10.1. The van der Waals surface area contributed by atoms with Gasteiger partial charge in [0.2, 0.25) is 5.91 Å². The van der Waals surface area contributed by atoms with Crippen LogP contribution in [0.4, 0.5) is 0 Å². The van der Waals surface area contributed by atoms with Crippen molar-refractivity contribution in [3.63, 3.8) is 0 Å². The first kappa shape index (κ1) is 26.6. The fourth-order valence-electron chi connectivity index (χ4n) is 4.77. The Morgan fingerprint density at radius 2 is 1.94 bits per heavy atom. The first-order valence-electron chi connectivity index (χ1n) is 12.2. The molecule has 3 heterocycles. The first-order chi connectivity index (χ1) is 16.0. The standard InChI is InChI=1S/C26H39NO7/c1-16(5-8-20-13-26(15-32-26)14-21(34-20)12-25(30)31)6-9-23-17(2)11-22(19(4)33-23)27-24(29)10-7-18(3)28/h5-8,10,17-23,28H,9,11-15H2,1-4H3,(H,27,29)(H,30,31)/b8-5+,10-7-,16-6+/t17-,18-,19+,20+,21+,22+,23-,26?/m0/s1. The number of epoxide rings is 1. The lowest BCUT2D eigenvalue weighted by molar-refractivity contribution is -0.143. The van der Waals surface area contributed by atoms with Crippen molar-refractivity contribution >= 4 is 11.9 Å². The van der Waals surface area contributed by atoms with Crippen LogP contribution in [0.1, 0.15) is 59.8 Å². The fraction of sp³-hybridized carbons (Fsp3) is 0.692. The van der Waals surface area contributed by atoms with E-state index in [9.17, 15) is 14.7 Å². The maximum atomic E-state index is 12.1. The molecular weight excluding hydrogens is 438 g/mol. The van der Waals surface area contributed by atoms with Crippen LogP contribution in [-0.2, 0) is 23.8 Å². The first-order valence-corrected chi connectivity index (χ1v) is 12.2. The normalized spacial score (nSPS) is 37.3. The van der Waals surface area contributed by atoms with Gasteiger partial charge in [0, 0.05) is 18.9 Å². The van der Waals surface area contributed by atoms with Gasteiger partial charge >= 0.3 is 5.97 Å². The Labute approximate surface area is 202 Å². The summed E-state index contributed by atoms with van der Waals surface area (Å²) in [4.78, 5) is 23.1. The molecular formula is C26H39NO7. The van der Waals surface area contributed by atoms with E-state index in [2.05, 4.69) is 18.3 Å². The van der Waals surface area contributed by atoms with E-state index in [-0.39, 0.29) is 54.3 Å². The molecule has 3 saturated heterocycles. The highest BCUT2D eigenvalue weighted by Crippen LogP contribution is 2.43. The SMILES string of the molecule is CC(/C=C/[C@@H]1CC2(CO2)C[C@@H](CC(=O)O)O1)=C\C[C@@H]1O[C@H](C)[C@H](NC(=O)/C=C\[C@H](C)O)C[C@@H]1C. The van der Waals surface area contributed by atoms with Crippen LogP contribution >= 0.6 is 0 Å². The number of aliphatic hydroxyl groups excluding tert-OH is 1. The second-order valence-corrected chi connectivity index (χ2v) is 10.1. The number of aliphatic carboxylic acids is 1. The van der Waals surface area contributed by atoms with Crippen LogP contribution in [0, 0.1) is 5.92 Å². The number of carboxylic acid groups (broad SMARTS) is 1. The predicted octanol–water partition coefficient (Wildman–Crippen LogP) is 2.91. The van der Waals surface area contributed by atoms with Gasteiger partial charge in [0.15, 0.2) is 0 Å². The number of hydrogen-bond acceptors (Lipinski definition) is 6. The lowest BCUT2D eigenvalue weighted by Gasteiger charge is -2.39. The van der Waals surface area contributed by atoms with E-state index < -0.39 is 12.1 Å². The van der Waals surface area contributed by atoms with Crippen LogP contribution in [0.3, 0.4) is 0 Å². The monoisotopic (exact) mass is 477 g/mol. The van der Waals surface area contributed by atoms with E-state index in [1.165, 1.54) is 12.2 Å². The van der Waals surface area contributed by atoms with E-state index >= 15 is 0 Å². The van der Waals surface area contributed by atoms with Crippen LogP contribution in [0.5, 0.6) is 0 Å². The number of ether oxygens (including phenoxy) is 3. The molecule has 3 N–H and O–H groups in total. The van der Waals surface area contributed by atoms with Crippen molar-refractivity contribution in [2.45, 2.75) is 102 Å². The number of carbonyl (C=O) groups excluding carboxylic acids is 1. The number of hydrogen-bond donors (Lipinski definition) is 3. The van der Waals surface area contributed by atoms with Gasteiger partial charge in [0.05, 0.1) is 55.2 Å². The van der Waals surface area contributed by atoms with E-state index in [0.717, 1.165) is 24.8 Å². The molecule has 0 aromatic carbocycles. The van der Waals surface area contributed by atoms with Gasteiger partial charge in [-0.1, -0.05) is 36.8 Å². The molecule has 8 nitrogen and oxygen atoms in total. The largest absolute Gasteiger partial charge is 0.481 e. The lowest BCUT2D eigenvalue weighted by Crippen LogP contribution is -2.50. The molecule has 0 bridgehead atoms. The minimum Gasteiger partial charge on any atom is -0.481 e. The van der Waals surface area contributed by atoms with E-state index in [4.69, 9.17) is 19.3 Å². The molecule has 0 aliphatic carbocycles. The fourth-order valence-corrected chi connectivity index (χ4v) is 4.77. The van der Waals surface area contributed by atoms with Crippen molar-refractivity contribution in [2.75, 3.05) is 6.61 Å². The number of nitrogens with one attached hydrogen (secondary N) is 1. The second kappa shape index (κ2) is 11.6. The molecule has 1 unspecified atom stereocenters. The number of carboxylic acids is 1. The van der Waals surface area contributed by atoms with Crippen LogP contribution < -0.4 is 5.32 Å². The molecule has 1 amide bonds. The summed E-state index contributed by atoms with van der Waals surface area (Å²) in [7, 11) is 0. The van der Waals surface area contributed by atoms with Gasteiger partial charge in [-0.2, -0.15) is 0 Å². The molecule has 34 heavy (non-hydrogen) atoms. The zero-order valence-electron chi connectivity index (χ0n) is 20.6. The highest BCUT2D eigenvalue weighted by atomic mass is 16.6. The Morgan fingerprint density at radius 1 is 1.21 bits per heavy atom. The maximum Gasteiger partial charge on any atom is 0.305 e. The maximum absolute atomic E-state index is 12.1. The van der Waals surface area contributed by atoms with Gasteiger partial charge in [-0.15, -0.1) is 0 Å². The Hall–Kier alpha value is -2.00. The highest BCUT2D eigenvalue weighted by Gasteiger charge is 2.51. The van der Waals surface area contributed by atoms with Crippen LogP contribution in [0.2, 0.25) is 0 Å². The number of rotatable bonds is 9. The Morgan fingerprint density at radius 3 is 2.59 bits per heavy atom. The molecule has 3 rings (SSSR count). The van der Waals surface area contributed by atoms with Crippen LogP contribution in [0.25, 0.3) is 0 Å². The Kier molecular flexibility index (Phi) is 9.09. The molecule has 0 saturated carbocycles. The Balaban J connectivity index is 1.49. The number of amides is 1. The van der Waals surface area contributed by atoms with Gasteiger partial charge in [-0.05, 0) is 39.5 Å². The summed E-state index contributed by atoms with van der Waals surface area (Å²) >= 11 is 0. The summed E-state index contributed by atoms with van der Waals surface area (Å²) in [6.45, 7) is 8.42. The van der Waals surface area contributed by atoms with E-state index in [1.54, 1.807) is 6.92 Å². The molecule has 3 aliphatic rings. The smallest absolute Gasteiger partial charge is 0.305 e. The van der Waals surface area contributed by atoms with Gasteiger partial charge in [-0.25, -0.2) is 0 Å². The number of carbonyl (C=O) groups is 2. The average molecular weight is 478 g/mol. The molecule has 0 radical (unpaired) electrons. The molecule has 1 spiro atoms. The summed E-state index contributed by atoms with van der Waals surface area (Å²) in [6.07, 6.45) is 10.8. The Bertz CT molecular complexity index is 814. The third-order valence-corrected chi connectivity index (χ3v) is 6.81. The molecule has 3 fully saturated rings. The minimum atomic E-state index is -0.852. The number of allylic oxidation sites excluding steroid dienone is 2.